The number of rotatable bonds is 3. The van der Waals surface area contributed by atoms with Crippen molar-refractivity contribution in [3.05, 3.63) is 50.6 Å². The van der Waals surface area contributed by atoms with E-state index in [0.717, 1.165) is 0 Å². The molecule has 0 aliphatic heterocycles. The zero-order chi connectivity index (χ0) is 12.4. The highest BCUT2D eigenvalue weighted by molar-refractivity contribution is 9.10. The Hall–Kier alpha value is -0.710. The molecule has 0 aliphatic rings. The maximum atomic E-state index is 13.0. The van der Waals surface area contributed by atoms with Crippen molar-refractivity contribution in [2.45, 2.75) is 6.54 Å². The fourth-order valence-corrected chi connectivity index (χ4v) is 2.27. The Kier molecular flexibility index (Phi) is 3.97. The lowest BCUT2D eigenvalue weighted by Gasteiger charge is -2.09. The van der Waals surface area contributed by atoms with Gasteiger partial charge in [0.2, 0.25) is 0 Å². The van der Waals surface area contributed by atoms with E-state index in [1.165, 1.54) is 12.1 Å². The number of hydrogen-bond donors (Lipinski definition) is 1. The summed E-state index contributed by atoms with van der Waals surface area (Å²) >= 11 is 15.0. The predicted molar refractivity (Wildman–Crippen MR) is 70.2 cm³/mol. The molecule has 0 unspecified atom stereocenters. The fourth-order valence-electron chi connectivity index (χ4n) is 1.33. The number of benzene rings is 1. The van der Waals surface area contributed by atoms with Crippen molar-refractivity contribution < 1.29 is 8.81 Å². The summed E-state index contributed by atoms with van der Waals surface area (Å²) < 4.78 is 18.9. The van der Waals surface area contributed by atoms with Gasteiger partial charge in [0, 0.05) is 0 Å². The first-order valence-corrected chi connectivity index (χ1v) is 6.24. The molecule has 1 heterocycles. The molecule has 17 heavy (non-hydrogen) atoms. The van der Waals surface area contributed by atoms with Crippen LogP contribution in [0.25, 0.3) is 0 Å². The average molecular weight is 339 g/mol. The Morgan fingerprint density at radius 2 is 1.88 bits per heavy atom. The molecular weight excluding hydrogens is 332 g/mol. The van der Waals surface area contributed by atoms with E-state index in [1.807, 2.05) is 6.07 Å². The van der Waals surface area contributed by atoms with Crippen LogP contribution in [0.3, 0.4) is 0 Å². The molecule has 0 spiro atoms. The number of halogens is 4. The van der Waals surface area contributed by atoms with Crippen LogP contribution in [0.1, 0.15) is 5.76 Å². The molecule has 0 saturated heterocycles. The first-order valence-electron chi connectivity index (χ1n) is 4.69. The molecule has 2 aromatic rings. The summed E-state index contributed by atoms with van der Waals surface area (Å²) in [6.07, 6.45) is 0. The van der Waals surface area contributed by atoms with Crippen molar-refractivity contribution in [2.24, 2.45) is 0 Å². The Balaban J connectivity index is 2.14. The minimum Gasteiger partial charge on any atom is -0.452 e. The molecule has 0 radical (unpaired) electrons. The van der Waals surface area contributed by atoms with Crippen molar-refractivity contribution in [1.82, 2.24) is 0 Å². The topological polar surface area (TPSA) is 25.2 Å². The average Bonchev–Trinajstić information content (AvgIpc) is 2.62. The van der Waals surface area contributed by atoms with Crippen LogP contribution < -0.4 is 5.32 Å². The van der Waals surface area contributed by atoms with Crippen LogP contribution in [0.15, 0.2) is 33.4 Å². The summed E-state index contributed by atoms with van der Waals surface area (Å²) in [4.78, 5) is 0. The van der Waals surface area contributed by atoms with E-state index in [0.29, 0.717) is 22.7 Å². The third-order valence-corrected chi connectivity index (χ3v) is 3.10. The minimum absolute atomic E-state index is 0.237. The SMILES string of the molecule is Fc1cc(Cl)c(NCc2ccc(Br)o2)c(Cl)c1. The lowest BCUT2D eigenvalue weighted by molar-refractivity contribution is 0.495. The second-order valence-electron chi connectivity index (χ2n) is 3.30. The predicted octanol–water partition coefficient (Wildman–Crippen LogP) is 5.10. The molecular formula is C11H7BrCl2FNO. The van der Waals surface area contributed by atoms with Gasteiger partial charge >= 0.3 is 0 Å². The molecule has 0 saturated carbocycles. The van der Waals surface area contributed by atoms with Crippen LogP contribution in [0, 0.1) is 5.82 Å². The monoisotopic (exact) mass is 337 g/mol. The van der Waals surface area contributed by atoms with E-state index in [4.69, 9.17) is 27.6 Å². The third kappa shape index (κ3) is 3.15. The van der Waals surface area contributed by atoms with Gasteiger partial charge in [-0.25, -0.2) is 4.39 Å². The molecule has 2 rings (SSSR count). The number of nitrogens with one attached hydrogen (secondary N) is 1. The van der Waals surface area contributed by atoms with Crippen LogP contribution in [-0.2, 0) is 6.54 Å². The van der Waals surface area contributed by atoms with Crippen molar-refractivity contribution in [1.29, 1.82) is 0 Å². The second kappa shape index (κ2) is 5.29. The zero-order valence-corrected chi connectivity index (χ0v) is 11.5. The highest BCUT2D eigenvalue weighted by atomic mass is 79.9. The normalized spacial score (nSPS) is 10.6. The molecule has 1 aromatic heterocycles. The maximum Gasteiger partial charge on any atom is 0.169 e. The van der Waals surface area contributed by atoms with Gasteiger partial charge < -0.3 is 9.73 Å². The molecule has 0 bridgehead atoms. The van der Waals surface area contributed by atoms with Gasteiger partial charge in [0.1, 0.15) is 11.6 Å². The molecule has 0 atom stereocenters. The van der Waals surface area contributed by atoms with E-state index in [9.17, 15) is 4.39 Å². The van der Waals surface area contributed by atoms with Gasteiger partial charge in [0.25, 0.3) is 0 Å². The standard InChI is InChI=1S/C11H7BrCl2FNO/c12-10-2-1-7(17-10)5-16-11-8(13)3-6(15)4-9(11)14/h1-4,16H,5H2. The van der Waals surface area contributed by atoms with Crippen molar-refractivity contribution in [3.63, 3.8) is 0 Å². The van der Waals surface area contributed by atoms with E-state index in [2.05, 4.69) is 21.2 Å². The van der Waals surface area contributed by atoms with Crippen LogP contribution >= 0.6 is 39.1 Å². The molecule has 6 heteroatoms. The Morgan fingerprint density at radius 3 is 2.41 bits per heavy atom. The van der Waals surface area contributed by atoms with Gasteiger partial charge in [-0.15, -0.1) is 0 Å². The fraction of sp³-hybridized carbons (Fsp3) is 0.0909. The molecule has 90 valence electrons. The highest BCUT2D eigenvalue weighted by Gasteiger charge is 2.09. The summed E-state index contributed by atoms with van der Waals surface area (Å²) in [5, 5.41) is 3.47. The van der Waals surface area contributed by atoms with Crippen molar-refractivity contribution in [2.75, 3.05) is 5.32 Å². The molecule has 2 nitrogen and oxygen atoms in total. The summed E-state index contributed by atoms with van der Waals surface area (Å²) in [5.74, 6) is 0.250. The van der Waals surface area contributed by atoms with Crippen LogP contribution in [-0.4, -0.2) is 0 Å². The smallest absolute Gasteiger partial charge is 0.169 e. The molecule has 1 N–H and O–H groups in total. The quantitative estimate of drug-likeness (QED) is 0.842. The Labute approximate surface area is 116 Å². The Bertz CT molecular complexity index is 521. The maximum absolute atomic E-state index is 13.0. The van der Waals surface area contributed by atoms with Gasteiger partial charge in [0.05, 0.1) is 22.3 Å². The summed E-state index contributed by atoms with van der Waals surface area (Å²) in [6, 6.07) is 5.99. The molecule has 0 amide bonds. The van der Waals surface area contributed by atoms with Gasteiger partial charge in [0.15, 0.2) is 4.67 Å². The summed E-state index contributed by atoms with van der Waals surface area (Å²) in [5.41, 5.74) is 0.488. The van der Waals surface area contributed by atoms with Crippen molar-refractivity contribution in [3.8, 4) is 0 Å². The van der Waals surface area contributed by atoms with Gasteiger partial charge in [-0.05, 0) is 40.2 Å². The largest absolute Gasteiger partial charge is 0.452 e. The van der Waals surface area contributed by atoms with Gasteiger partial charge in [-0.3, -0.25) is 0 Å². The minimum atomic E-state index is -0.466. The van der Waals surface area contributed by atoms with E-state index < -0.39 is 5.82 Å². The molecule has 1 aromatic carbocycles. The van der Waals surface area contributed by atoms with Crippen LogP contribution in [0.4, 0.5) is 10.1 Å². The van der Waals surface area contributed by atoms with Crippen LogP contribution in [0.5, 0.6) is 0 Å². The van der Waals surface area contributed by atoms with Crippen LogP contribution in [0.2, 0.25) is 10.0 Å². The zero-order valence-electron chi connectivity index (χ0n) is 8.44. The second-order valence-corrected chi connectivity index (χ2v) is 4.90. The molecule has 0 fully saturated rings. The first-order chi connectivity index (χ1) is 8.06. The number of furan rings is 1. The van der Waals surface area contributed by atoms with Gasteiger partial charge in [-0.1, -0.05) is 23.2 Å². The van der Waals surface area contributed by atoms with E-state index in [-0.39, 0.29) is 10.0 Å². The first kappa shape index (κ1) is 12.7. The number of anilines is 1. The summed E-state index contributed by atoms with van der Waals surface area (Å²) in [6.45, 7) is 0.413. The summed E-state index contributed by atoms with van der Waals surface area (Å²) in [7, 11) is 0. The van der Waals surface area contributed by atoms with Gasteiger partial charge in [-0.2, -0.15) is 0 Å². The lowest BCUT2D eigenvalue weighted by atomic mass is 10.3. The van der Waals surface area contributed by atoms with Crippen molar-refractivity contribution >= 4 is 44.8 Å². The molecule has 0 aliphatic carbocycles. The number of hydrogen-bond acceptors (Lipinski definition) is 2. The van der Waals surface area contributed by atoms with E-state index in [1.54, 1.807) is 6.07 Å². The highest BCUT2D eigenvalue weighted by Crippen LogP contribution is 2.31. The lowest BCUT2D eigenvalue weighted by Crippen LogP contribution is -2.00. The Morgan fingerprint density at radius 1 is 1.24 bits per heavy atom. The third-order valence-electron chi connectivity index (χ3n) is 2.08. The van der Waals surface area contributed by atoms with E-state index >= 15 is 0 Å².